The largest absolute Gasteiger partial charge is 0.392 e. The van der Waals surface area contributed by atoms with Crippen LogP contribution >= 0.6 is 0 Å². The third-order valence-electron chi connectivity index (χ3n) is 4.80. The highest BCUT2D eigenvalue weighted by molar-refractivity contribution is 5.79. The molecule has 0 aromatic rings. The SMILES string of the molecule is CCNC(=NCC1(C)CCCCC1O)NCC1CCOC1. The third-order valence-corrected chi connectivity index (χ3v) is 4.80. The van der Waals surface area contributed by atoms with Crippen LogP contribution < -0.4 is 10.6 Å². The molecule has 2 aliphatic rings. The first kappa shape index (κ1) is 16.6. The zero-order chi connectivity index (χ0) is 15.1. The average molecular weight is 297 g/mol. The van der Waals surface area contributed by atoms with Crippen molar-refractivity contribution in [1.82, 2.24) is 10.6 Å². The normalized spacial score (nSPS) is 34.0. The van der Waals surface area contributed by atoms with Crippen LogP contribution in [0.25, 0.3) is 0 Å². The number of aliphatic hydroxyl groups is 1. The number of nitrogens with zero attached hydrogens (tertiary/aromatic N) is 1. The maximum absolute atomic E-state index is 10.2. The van der Waals surface area contributed by atoms with Gasteiger partial charge in [0.15, 0.2) is 5.96 Å². The monoisotopic (exact) mass is 297 g/mol. The summed E-state index contributed by atoms with van der Waals surface area (Å²) in [5, 5.41) is 17.0. The molecular weight excluding hydrogens is 266 g/mol. The zero-order valence-corrected chi connectivity index (χ0v) is 13.5. The summed E-state index contributed by atoms with van der Waals surface area (Å²) in [6.07, 6.45) is 5.22. The quantitative estimate of drug-likeness (QED) is 0.532. The smallest absolute Gasteiger partial charge is 0.191 e. The van der Waals surface area contributed by atoms with Gasteiger partial charge in [0.05, 0.1) is 19.3 Å². The first-order chi connectivity index (χ1) is 10.1. The molecule has 1 aliphatic heterocycles. The van der Waals surface area contributed by atoms with E-state index in [9.17, 15) is 5.11 Å². The van der Waals surface area contributed by atoms with Crippen molar-refractivity contribution in [3.63, 3.8) is 0 Å². The number of hydrogen-bond acceptors (Lipinski definition) is 3. The van der Waals surface area contributed by atoms with E-state index < -0.39 is 0 Å². The van der Waals surface area contributed by atoms with Crippen molar-refractivity contribution < 1.29 is 9.84 Å². The minimum absolute atomic E-state index is 0.0724. The summed E-state index contributed by atoms with van der Waals surface area (Å²) in [5.41, 5.74) is -0.0724. The summed E-state index contributed by atoms with van der Waals surface area (Å²) in [7, 11) is 0. The van der Waals surface area contributed by atoms with Gasteiger partial charge in [-0.15, -0.1) is 0 Å². The lowest BCUT2D eigenvalue weighted by Crippen LogP contribution is -2.43. The van der Waals surface area contributed by atoms with Crippen molar-refractivity contribution >= 4 is 5.96 Å². The number of aliphatic hydroxyl groups excluding tert-OH is 1. The van der Waals surface area contributed by atoms with E-state index in [-0.39, 0.29) is 11.5 Å². The molecule has 0 aromatic heterocycles. The fourth-order valence-electron chi connectivity index (χ4n) is 3.15. The van der Waals surface area contributed by atoms with Crippen LogP contribution in [0.2, 0.25) is 0 Å². The van der Waals surface area contributed by atoms with Gasteiger partial charge in [-0.1, -0.05) is 19.8 Å². The first-order valence-electron chi connectivity index (χ1n) is 8.42. The molecule has 1 heterocycles. The number of hydrogen-bond donors (Lipinski definition) is 3. The van der Waals surface area contributed by atoms with Gasteiger partial charge in [-0.25, -0.2) is 0 Å². The van der Waals surface area contributed by atoms with Crippen molar-refractivity contribution in [3.05, 3.63) is 0 Å². The van der Waals surface area contributed by atoms with Crippen LogP contribution in [-0.4, -0.2) is 50.0 Å². The molecule has 5 nitrogen and oxygen atoms in total. The van der Waals surface area contributed by atoms with E-state index >= 15 is 0 Å². The lowest BCUT2D eigenvalue weighted by molar-refractivity contribution is 0.00716. The predicted octanol–water partition coefficient (Wildman–Crippen LogP) is 1.52. The van der Waals surface area contributed by atoms with Crippen LogP contribution in [0, 0.1) is 11.3 Å². The number of guanidine groups is 1. The summed E-state index contributed by atoms with van der Waals surface area (Å²) >= 11 is 0. The molecule has 2 rings (SSSR count). The Bertz CT molecular complexity index is 342. The molecule has 2 fully saturated rings. The molecule has 0 radical (unpaired) electrons. The Balaban J connectivity index is 1.86. The second-order valence-electron chi connectivity index (χ2n) is 6.72. The van der Waals surface area contributed by atoms with Crippen molar-refractivity contribution in [2.24, 2.45) is 16.3 Å². The van der Waals surface area contributed by atoms with Gasteiger partial charge >= 0.3 is 0 Å². The van der Waals surface area contributed by atoms with Crippen LogP contribution in [0.3, 0.4) is 0 Å². The van der Waals surface area contributed by atoms with E-state index in [1.165, 1.54) is 6.42 Å². The topological polar surface area (TPSA) is 65.9 Å². The fourth-order valence-corrected chi connectivity index (χ4v) is 3.15. The first-order valence-corrected chi connectivity index (χ1v) is 8.42. The lowest BCUT2D eigenvalue weighted by atomic mass is 9.73. The van der Waals surface area contributed by atoms with Crippen LogP contribution in [0.1, 0.15) is 46.0 Å². The van der Waals surface area contributed by atoms with Gasteiger partial charge in [-0.05, 0) is 26.2 Å². The van der Waals surface area contributed by atoms with E-state index in [1.54, 1.807) is 0 Å². The molecule has 3 unspecified atom stereocenters. The van der Waals surface area contributed by atoms with Gasteiger partial charge in [-0.3, -0.25) is 4.99 Å². The second-order valence-corrected chi connectivity index (χ2v) is 6.72. The Morgan fingerprint density at radius 1 is 1.33 bits per heavy atom. The van der Waals surface area contributed by atoms with Crippen molar-refractivity contribution in [2.75, 3.05) is 32.8 Å². The number of aliphatic imine (C=N–C) groups is 1. The molecule has 3 atom stereocenters. The Morgan fingerprint density at radius 2 is 2.19 bits per heavy atom. The minimum Gasteiger partial charge on any atom is -0.392 e. The van der Waals surface area contributed by atoms with Crippen molar-refractivity contribution in [3.8, 4) is 0 Å². The van der Waals surface area contributed by atoms with Crippen molar-refractivity contribution in [1.29, 1.82) is 0 Å². The summed E-state index contributed by atoms with van der Waals surface area (Å²) in [6, 6.07) is 0. The third kappa shape index (κ3) is 4.85. The highest BCUT2D eigenvalue weighted by atomic mass is 16.5. The Labute approximate surface area is 128 Å². The maximum atomic E-state index is 10.2. The molecule has 0 aromatic carbocycles. The van der Waals surface area contributed by atoms with Crippen LogP contribution in [0.15, 0.2) is 4.99 Å². The van der Waals surface area contributed by atoms with Crippen LogP contribution in [0.4, 0.5) is 0 Å². The number of rotatable bonds is 5. The Hall–Kier alpha value is -0.810. The highest BCUT2D eigenvalue weighted by Crippen LogP contribution is 2.36. The molecule has 3 N–H and O–H groups in total. The van der Waals surface area contributed by atoms with E-state index in [2.05, 4.69) is 24.5 Å². The minimum atomic E-state index is -0.221. The molecule has 1 saturated heterocycles. The molecule has 21 heavy (non-hydrogen) atoms. The fraction of sp³-hybridized carbons (Fsp3) is 0.938. The number of ether oxygens (including phenoxy) is 1. The van der Waals surface area contributed by atoms with Crippen molar-refractivity contribution in [2.45, 2.75) is 52.1 Å². The molecule has 0 bridgehead atoms. The highest BCUT2D eigenvalue weighted by Gasteiger charge is 2.35. The van der Waals surface area contributed by atoms with Gasteiger partial charge < -0.3 is 20.5 Å². The predicted molar refractivity (Wildman–Crippen MR) is 85.5 cm³/mol. The Morgan fingerprint density at radius 3 is 2.86 bits per heavy atom. The zero-order valence-electron chi connectivity index (χ0n) is 13.5. The van der Waals surface area contributed by atoms with Gasteiger partial charge in [0, 0.05) is 31.0 Å². The van der Waals surface area contributed by atoms with Gasteiger partial charge in [0.25, 0.3) is 0 Å². The molecule has 1 aliphatic carbocycles. The molecular formula is C16H31N3O2. The molecule has 0 spiro atoms. The van der Waals surface area contributed by atoms with E-state index in [0.717, 1.165) is 57.9 Å². The maximum Gasteiger partial charge on any atom is 0.191 e. The van der Waals surface area contributed by atoms with Gasteiger partial charge in [0.1, 0.15) is 0 Å². The average Bonchev–Trinajstić information content (AvgIpc) is 2.99. The standard InChI is InChI=1S/C16H31N3O2/c1-3-17-15(18-10-13-7-9-21-11-13)19-12-16(2)8-5-4-6-14(16)20/h13-14,20H,3-12H2,1-2H3,(H2,17,18,19). The van der Waals surface area contributed by atoms with E-state index in [4.69, 9.17) is 9.73 Å². The molecule has 1 saturated carbocycles. The summed E-state index contributed by atoms with van der Waals surface area (Å²) in [4.78, 5) is 4.71. The summed E-state index contributed by atoms with van der Waals surface area (Å²) in [6.45, 7) is 8.41. The summed E-state index contributed by atoms with van der Waals surface area (Å²) in [5.74, 6) is 1.45. The van der Waals surface area contributed by atoms with E-state index in [1.807, 2.05) is 0 Å². The lowest BCUT2D eigenvalue weighted by Gasteiger charge is -2.37. The van der Waals surface area contributed by atoms with Gasteiger partial charge in [0.2, 0.25) is 0 Å². The summed E-state index contributed by atoms with van der Waals surface area (Å²) < 4.78 is 5.40. The van der Waals surface area contributed by atoms with Crippen LogP contribution in [-0.2, 0) is 4.74 Å². The van der Waals surface area contributed by atoms with E-state index in [0.29, 0.717) is 12.5 Å². The number of nitrogens with one attached hydrogen (secondary N) is 2. The molecule has 0 amide bonds. The van der Waals surface area contributed by atoms with Crippen LogP contribution in [0.5, 0.6) is 0 Å². The van der Waals surface area contributed by atoms with Gasteiger partial charge in [-0.2, -0.15) is 0 Å². The second kappa shape index (κ2) is 7.99. The molecule has 122 valence electrons. The molecule has 5 heteroatoms. The Kier molecular flexibility index (Phi) is 6.30.